The van der Waals surface area contributed by atoms with Gasteiger partial charge in [-0.1, -0.05) is 0 Å². The number of halogens is 3. The van der Waals surface area contributed by atoms with E-state index in [0.29, 0.717) is 28.1 Å². The van der Waals surface area contributed by atoms with Gasteiger partial charge in [-0.2, -0.15) is 13.2 Å². The molecule has 0 radical (unpaired) electrons. The van der Waals surface area contributed by atoms with Crippen molar-refractivity contribution in [2.75, 3.05) is 13.7 Å². The third kappa shape index (κ3) is 5.34. The van der Waals surface area contributed by atoms with Crippen molar-refractivity contribution in [3.05, 3.63) is 59.4 Å². The highest BCUT2D eigenvalue weighted by molar-refractivity contribution is 5.98. The van der Waals surface area contributed by atoms with Gasteiger partial charge in [0.05, 0.1) is 23.9 Å². The topological polar surface area (TPSA) is 73.3 Å². The Labute approximate surface area is 164 Å². The molecule has 6 nitrogen and oxygen atoms in total. The molecule has 2 heterocycles. The van der Waals surface area contributed by atoms with E-state index in [-0.39, 0.29) is 18.3 Å². The summed E-state index contributed by atoms with van der Waals surface area (Å²) in [5.74, 6) is 0.164. The Hall–Kier alpha value is -3.36. The maximum absolute atomic E-state index is 12.6. The summed E-state index contributed by atoms with van der Waals surface area (Å²) in [6, 6.07) is 10.0. The number of aryl methyl sites for hydroxylation is 1. The number of rotatable bonds is 6. The molecule has 0 aliphatic heterocycles. The van der Waals surface area contributed by atoms with Gasteiger partial charge in [-0.05, 0) is 36.8 Å². The molecule has 0 aliphatic rings. The molecule has 0 bridgehead atoms. The second-order valence-electron chi connectivity index (χ2n) is 6.27. The fourth-order valence-corrected chi connectivity index (χ4v) is 2.67. The maximum atomic E-state index is 12.6. The van der Waals surface area contributed by atoms with Crippen LogP contribution in [0.15, 0.2) is 42.6 Å². The molecule has 29 heavy (non-hydrogen) atoms. The molecular formula is C20H18F3N3O3. The van der Waals surface area contributed by atoms with Crippen LogP contribution < -0.4 is 14.8 Å². The number of nitrogens with one attached hydrogen (secondary N) is 1. The van der Waals surface area contributed by atoms with Crippen LogP contribution >= 0.6 is 0 Å². The zero-order valence-corrected chi connectivity index (χ0v) is 15.7. The lowest BCUT2D eigenvalue weighted by atomic mass is 10.1. The van der Waals surface area contributed by atoms with Crippen LogP contribution in [0.1, 0.15) is 21.6 Å². The van der Waals surface area contributed by atoms with Crippen molar-refractivity contribution < 1.29 is 27.4 Å². The van der Waals surface area contributed by atoms with E-state index in [9.17, 15) is 18.0 Å². The number of amides is 1. The summed E-state index contributed by atoms with van der Waals surface area (Å²) < 4.78 is 46.6. The highest BCUT2D eigenvalue weighted by Crippen LogP contribution is 2.22. The van der Waals surface area contributed by atoms with Crippen LogP contribution in [0, 0.1) is 6.92 Å². The number of methoxy groups -OCH3 is 1. The molecule has 0 saturated heterocycles. The number of hydrogen-bond acceptors (Lipinski definition) is 5. The summed E-state index contributed by atoms with van der Waals surface area (Å²) in [7, 11) is 1.56. The van der Waals surface area contributed by atoms with Crippen molar-refractivity contribution in [1.82, 2.24) is 15.3 Å². The number of fused-ring (bicyclic) bond motifs is 1. The van der Waals surface area contributed by atoms with Gasteiger partial charge < -0.3 is 14.8 Å². The number of carbonyl (C=O) groups excluding carboxylic acids is 1. The van der Waals surface area contributed by atoms with Crippen molar-refractivity contribution in [3.8, 4) is 11.6 Å². The van der Waals surface area contributed by atoms with Crippen molar-refractivity contribution in [1.29, 1.82) is 0 Å². The molecule has 9 heteroatoms. The van der Waals surface area contributed by atoms with E-state index in [1.54, 1.807) is 38.3 Å². The number of carbonyl (C=O) groups is 1. The van der Waals surface area contributed by atoms with Gasteiger partial charge in [0.15, 0.2) is 6.61 Å². The van der Waals surface area contributed by atoms with Gasteiger partial charge in [0.25, 0.3) is 5.91 Å². The average molecular weight is 405 g/mol. The number of pyridine rings is 2. The van der Waals surface area contributed by atoms with Crippen LogP contribution in [-0.2, 0) is 6.54 Å². The SMILES string of the molecule is COc1ccc2cc(C(=O)NCc3ccnc(OCC(F)(F)F)c3)c(C)nc2c1. The van der Waals surface area contributed by atoms with Gasteiger partial charge in [-0.3, -0.25) is 9.78 Å². The van der Waals surface area contributed by atoms with Crippen LogP contribution in [0.25, 0.3) is 10.9 Å². The molecule has 3 rings (SSSR count). The molecule has 0 atom stereocenters. The first-order chi connectivity index (χ1) is 13.7. The molecule has 0 spiro atoms. The highest BCUT2D eigenvalue weighted by atomic mass is 19.4. The maximum Gasteiger partial charge on any atom is 0.422 e. The number of hydrogen-bond donors (Lipinski definition) is 1. The lowest BCUT2D eigenvalue weighted by molar-refractivity contribution is -0.154. The van der Waals surface area contributed by atoms with E-state index in [0.717, 1.165) is 5.39 Å². The minimum atomic E-state index is -4.45. The fraction of sp³-hybridized carbons (Fsp3) is 0.250. The summed E-state index contributed by atoms with van der Waals surface area (Å²) >= 11 is 0. The largest absolute Gasteiger partial charge is 0.497 e. The Morgan fingerprint density at radius 2 is 1.97 bits per heavy atom. The molecule has 152 valence electrons. The van der Waals surface area contributed by atoms with Crippen LogP contribution in [0.5, 0.6) is 11.6 Å². The number of alkyl halides is 3. The molecule has 1 amide bonds. The third-order valence-electron chi connectivity index (χ3n) is 4.10. The van der Waals surface area contributed by atoms with Gasteiger partial charge in [-0.25, -0.2) is 4.98 Å². The summed E-state index contributed by atoms with van der Waals surface area (Å²) in [6.07, 6.45) is -3.13. The fourth-order valence-electron chi connectivity index (χ4n) is 2.67. The van der Waals surface area contributed by atoms with Gasteiger partial charge in [0.1, 0.15) is 5.75 Å². The Morgan fingerprint density at radius 3 is 2.69 bits per heavy atom. The van der Waals surface area contributed by atoms with Crippen LogP contribution in [-0.4, -0.2) is 35.8 Å². The molecule has 1 aromatic carbocycles. The van der Waals surface area contributed by atoms with Crippen molar-refractivity contribution in [2.45, 2.75) is 19.6 Å². The molecule has 0 saturated carbocycles. The van der Waals surface area contributed by atoms with Gasteiger partial charge >= 0.3 is 6.18 Å². The normalized spacial score (nSPS) is 11.3. The highest BCUT2D eigenvalue weighted by Gasteiger charge is 2.28. The van der Waals surface area contributed by atoms with E-state index in [1.165, 1.54) is 12.3 Å². The Balaban J connectivity index is 1.70. The number of benzene rings is 1. The van der Waals surface area contributed by atoms with Crippen molar-refractivity contribution in [3.63, 3.8) is 0 Å². The van der Waals surface area contributed by atoms with Crippen LogP contribution in [0.4, 0.5) is 13.2 Å². The van der Waals surface area contributed by atoms with Gasteiger partial charge in [-0.15, -0.1) is 0 Å². The van der Waals surface area contributed by atoms with E-state index in [1.807, 2.05) is 6.07 Å². The van der Waals surface area contributed by atoms with Crippen molar-refractivity contribution in [2.24, 2.45) is 0 Å². The zero-order chi connectivity index (χ0) is 21.0. The first kappa shape index (κ1) is 20.4. The summed E-state index contributed by atoms with van der Waals surface area (Å²) in [5.41, 5.74) is 2.22. The Morgan fingerprint density at radius 1 is 1.17 bits per heavy atom. The number of ether oxygens (including phenoxy) is 2. The van der Waals surface area contributed by atoms with E-state index < -0.39 is 12.8 Å². The lowest BCUT2D eigenvalue weighted by Crippen LogP contribution is -2.24. The molecule has 3 aromatic rings. The molecule has 0 unspecified atom stereocenters. The average Bonchev–Trinajstić information content (AvgIpc) is 2.69. The first-order valence-electron chi connectivity index (χ1n) is 8.63. The standard InChI is InChI=1S/C20H18F3N3O3/c1-12-16(8-14-3-4-15(28-2)9-17(14)26-12)19(27)25-10-13-5-6-24-18(7-13)29-11-20(21,22)23/h3-9H,10-11H2,1-2H3,(H,25,27). The third-order valence-corrected chi connectivity index (χ3v) is 4.10. The van der Waals surface area contributed by atoms with Gasteiger partial charge in [0, 0.05) is 30.3 Å². The van der Waals surface area contributed by atoms with E-state index in [2.05, 4.69) is 20.0 Å². The number of aromatic nitrogens is 2. The molecule has 0 fully saturated rings. The Kier molecular flexibility index (Phi) is 5.86. The quantitative estimate of drug-likeness (QED) is 0.675. The summed E-state index contributed by atoms with van der Waals surface area (Å²) in [4.78, 5) is 20.8. The van der Waals surface area contributed by atoms with Gasteiger partial charge in [0.2, 0.25) is 5.88 Å². The van der Waals surface area contributed by atoms with Crippen molar-refractivity contribution >= 4 is 16.8 Å². The van der Waals surface area contributed by atoms with E-state index >= 15 is 0 Å². The minimum Gasteiger partial charge on any atom is -0.497 e. The molecule has 1 N–H and O–H groups in total. The van der Waals surface area contributed by atoms with Crippen LogP contribution in [0.3, 0.4) is 0 Å². The summed E-state index contributed by atoms with van der Waals surface area (Å²) in [5, 5.41) is 3.52. The van der Waals surface area contributed by atoms with E-state index in [4.69, 9.17) is 4.74 Å². The second-order valence-corrected chi connectivity index (χ2v) is 6.27. The lowest BCUT2D eigenvalue weighted by Gasteiger charge is -2.11. The zero-order valence-electron chi connectivity index (χ0n) is 15.7. The predicted molar refractivity (Wildman–Crippen MR) is 100.0 cm³/mol. The number of nitrogens with zero attached hydrogens (tertiary/aromatic N) is 2. The second kappa shape index (κ2) is 8.34. The smallest absolute Gasteiger partial charge is 0.422 e. The monoisotopic (exact) mass is 405 g/mol. The first-order valence-corrected chi connectivity index (χ1v) is 8.63. The minimum absolute atomic E-state index is 0.101. The Bertz CT molecular complexity index is 1040. The predicted octanol–water partition coefficient (Wildman–Crippen LogP) is 3.82. The molecule has 0 aliphatic carbocycles. The molecule has 2 aromatic heterocycles. The summed E-state index contributed by atoms with van der Waals surface area (Å²) in [6.45, 7) is 0.399. The molecular weight excluding hydrogens is 387 g/mol. The van der Waals surface area contributed by atoms with Crippen LogP contribution in [0.2, 0.25) is 0 Å².